The molecule has 2 amide bonds. The number of allylic oxidation sites excluding steroid dienone is 1. The van der Waals surface area contributed by atoms with E-state index in [1.165, 1.54) is 7.05 Å². The molecule has 1 aliphatic heterocycles. The Morgan fingerprint density at radius 3 is 2.57 bits per heavy atom. The van der Waals surface area contributed by atoms with Gasteiger partial charge in [-0.15, -0.1) is 0 Å². The molecule has 0 spiro atoms. The minimum Gasteiger partial charge on any atom is -0.496 e. The molecule has 0 saturated carbocycles. The molecule has 2 N–H and O–H groups in total. The van der Waals surface area contributed by atoms with Gasteiger partial charge < -0.3 is 29.6 Å². The van der Waals surface area contributed by atoms with Crippen molar-refractivity contribution < 1.29 is 33.3 Å². The molecule has 1 aliphatic carbocycles. The highest BCUT2D eigenvalue weighted by atomic mass is 16.6. The quantitative estimate of drug-likeness (QED) is 0.211. The number of hydrogen-bond acceptors (Lipinski definition) is 7. The number of carbonyl (C=O) groups excluding carboxylic acids is 3. The van der Waals surface area contributed by atoms with Gasteiger partial charge in [0, 0.05) is 19.5 Å². The van der Waals surface area contributed by atoms with Crippen LogP contribution < -0.4 is 10.6 Å². The predicted molar refractivity (Wildman–Crippen MR) is 108 cm³/mol. The van der Waals surface area contributed by atoms with Crippen LogP contribution in [0.25, 0.3) is 0 Å². The van der Waals surface area contributed by atoms with Crippen LogP contribution in [0.2, 0.25) is 0 Å². The van der Waals surface area contributed by atoms with Crippen molar-refractivity contribution in [2.24, 2.45) is 0 Å². The fraction of sp³-hybridized carbons (Fsp3) is 0.650. The predicted octanol–water partition coefficient (Wildman–Crippen LogP) is 0.0864. The molecule has 30 heavy (non-hydrogen) atoms. The summed E-state index contributed by atoms with van der Waals surface area (Å²) in [5.74, 6) is -0.722. The molecule has 0 aromatic rings. The van der Waals surface area contributed by atoms with Gasteiger partial charge in [-0.2, -0.15) is 0 Å². The van der Waals surface area contributed by atoms with E-state index < -0.39 is 36.4 Å². The van der Waals surface area contributed by atoms with E-state index in [2.05, 4.69) is 17.2 Å². The number of nitrogens with one attached hydrogen (secondary N) is 2. The lowest BCUT2D eigenvalue weighted by Gasteiger charge is -2.26. The molecule has 1 heterocycles. The molecule has 2 aliphatic rings. The minimum absolute atomic E-state index is 0.00406. The molecule has 1 fully saturated rings. The Morgan fingerprint density at radius 1 is 1.30 bits per heavy atom. The highest BCUT2D eigenvalue weighted by Gasteiger charge is 2.47. The zero-order valence-corrected chi connectivity index (χ0v) is 17.6. The molecule has 0 bridgehead atoms. The minimum atomic E-state index is -0.928. The summed E-state index contributed by atoms with van der Waals surface area (Å²) in [7, 11) is 7.50. The summed E-state index contributed by atoms with van der Waals surface area (Å²) >= 11 is 0. The Hall–Kier alpha value is -2.33. The molecule has 2 radical (unpaired) electrons. The van der Waals surface area contributed by atoms with E-state index in [4.69, 9.17) is 26.8 Å². The van der Waals surface area contributed by atoms with Gasteiger partial charge in [0.1, 0.15) is 32.8 Å². The van der Waals surface area contributed by atoms with Crippen molar-refractivity contribution in [2.45, 2.75) is 69.6 Å². The second kappa shape index (κ2) is 11.2. The van der Waals surface area contributed by atoms with Crippen LogP contribution >= 0.6 is 0 Å². The molecule has 0 aromatic heterocycles. The third kappa shape index (κ3) is 6.88. The first-order valence-corrected chi connectivity index (χ1v) is 9.93. The Kier molecular flexibility index (Phi) is 8.92. The van der Waals surface area contributed by atoms with Gasteiger partial charge in [0.05, 0.1) is 18.2 Å². The van der Waals surface area contributed by atoms with Crippen LogP contribution in [0.1, 0.15) is 33.1 Å². The first-order chi connectivity index (χ1) is 14.2. The zero-order chi connectivity index (χ0) is 22.3. The fourth-order valence-corrected chi connectivity index (χ4v) is 3.00. The van der Waals surface area contributed by atoms with Crippen LogP contribution in [0.5, 0.6) is 0 Å². The van der Waals surface area contributed by atoms with E-state index in [0.717, 1.165) is 6.42 Å². The van der Waals surface area contributed by atoms with Crippen molar-refractivity contribution in [1.82, 2.24) is 10.6 Å². The highest BCUT2D eigenvalue weighted by molar-refractivity contribution is 6.11. The molecular weight excluding hydrogens is 391 g/mol. The molecule has 10 heteroatoms. The van der Waals surface area contributed by atoms with Crippen LogP contribution in [-0.4, -0.2) is 75.7 Å². The van der Waals surface area contributed by atoms with E-state index in [1.54, 1.807) is 13.8 Å². The summed E-state index contributed by atoms with van der Waals surface area (Å²) in [5, 5.41) is 5.27. The third-order valence-electron chi connectivity index (χ3n) is 4.75. The Morgan fingerprint density at radius 2 is 2.00 bits per heavy atom. The third-order valence-corrected chi connectivity index (χ3v) is 4.75. The first kappa shape index (κ1) is 23.9. The lowest BCUT2D eigenvalue weighted by atomic mass is 9.92. The Bertz CT molecular complexity index is 684. The molecule has 1 saturated heterocycles. The van der Waals surface area contributed by atoms with Crippen LogP contribution in [0.15, 0.2) is 24.5 Å². The number of rotatable bonds is 11. The summed E-state index contributed by atoms with van der Waals surface area (Å²) in [6, 6.07) is -0.898. The average Bonchev–Trinajstić information content (AvgIpc) is 2.95. The van der Waals surface area contributed by atoms with Crippen molar-refractivity contribution in [3.8, 4) is 0 Å². The van der Waals surface area contributed by atoms with Gasteiger partial charge in [0.25, 0.3) is 0 Å². The standard InChI is InChI=1S/C20H29BN2O7/c1-11(2)27-10-14-17(18(19(21)29-14)28-12(3)20(26)22-4)30-16(25)9-8-15(24)23-13-6-5-7-13/h5-6,12-14,17-19H,1,7-10H2,2-4H3,(H,22,26)(H,23,24). The molecule has 0 aromatic carbocycles. The molecule has 9 nitrogen and oxygen atoms in total. The van der Waals surface area contributed by atoms with Gasteiger partial charge in [0.15, 0.2) is 6.10 Å². The van der Waals surface area contributed by atoms with Crippen molar-refractivity contribution in [2.75, 3.05) is 13.7 Å². The van der Waals surface area contributed by atoms with E-state index in [9.17, 15) is 14.4 Å². The van der Waals surface area contributed by atoms with Gasteiger partial charge in [0.2, 0.25) is 11.8 Å². The van der Waals surface area contributed by atoms with Gasteiger partial charge in [-0.05, 0) is 20.3 Å². The smallest absolute Gasteiger partial charge is 0.306 e. The summed E-state index contributed by atoms with van der Waals surface area (Å²) < 4.78 is 22.3. The molecule has 164 valence electrons. The summed E-state index contributed by atoms with van der Waals surface area (Å²) in [6.45, 7) is 6.93. The average molecular weight is 420 g/mol. The summed E-state index contributed by atoms with van der Waals surface area (Å²) in [5.41, 5.74) is 0. The Labute approximate surface area is 177 Å². The second-order valence-electron chi connectivity index (χ2n) is 7.30. The van der Waals surface area contributed by atoms with Crippen molar-refractivity contribution in [1.29, 1.82) is 0 Å². The summed E-state index contributed by atoms with van der Waals surface area (Å²) in [6.07, 6.45) is 1.18. The first-order valence-electron chi connectivity index (χ1n) is 9.93. The number of ether oxygens (including phenoxy) is 4. The van der Waals surface area contributed by atoms with Crippen LogP contribution in [0.3, 0.4) is 0 Å². The van der Waals surface area contributed by atoms with Crippen LogP contribution in [0, 0.1) is 0 Å². The maximum Gasteiger partial charge on any atom is 0.306 e. The van der Waals surface area contributed by atoms with Crippen LogP contribution in [0.4, 0.5) is 0 Å². The normalized spacial score (nSPS) is 28.2. The maximum atomic E-state index is 12.4. The van der Waals surface area contributed by atoms with Crippen molar-refractivity contribution in [3.05, 3.63) is 24.5 Å². The van der Waals surface area contributed by atoms with E-state index in [0.29, 0.717) is 5.76 Å². The number of hydrogen-bond donors (Lipinski definition) is 2. The van der Waals surface area contributed by atoms with Crippen LogP contribution in [-0.2, 0) is 33.3 Å². The monoisotopic (exact) mass is 420 g/mol. The number of likely N-dealkylation sites (N-methyl/N-ethyl adjacent to an activating group) is 1. The molecule has 2 rings (SSSR count). The van der Waals surface area contributed by atoms with Crippen molar-refractivity contribution >= 4 is 25.6 Å². The highest BCUT2D eigenvalue weighted by Crippen LogP contribution is 2.27. The van der Waals surface area contributed by atoms with Gasteiger partial charge >= 0.3 is 5.97 Å². The van der Waals surface area contributed by atoms with Gasteiger partial charge in [-0.1, -0.05) is 18.7 Å². The SMILES string of the molecule is [B]C1OC(COC(=C)C)C(OC(=O)CCC(=O)NC2C=CC2)C1OC(C)C(=O)NC. The molecule has 6 atom stereocenters. The number of amides is 2. The molecular formula is C20H29BN2O7. The number of esters is 1. The largest absolute Gasteiger partial charge is 0.496 e. The lowest BCUT2D eigenvalue weighted by molar-refractivity contribution is -0.163. The zero-order valence-electron chi connectivity index (χ0n) is 17.6. The topological polar surface area (TPSA) is 112 Å². The van der Waals surface area contributed by atoms with E-state index in [1.807, 2.05) is 12.2 Å². The molecule has 6 unspecified atom stereocenters. The van der Waals surface area contributed by atoms with Crippen molar-refractivity contribution in [3.63, 3.8) is 0 Å². The van der Waals surface area contributed by atoms with Gasteiger partial charge in [-0.25, -0.2) is 0 Å². The van der Waals surface area contributed by atoms with E-state index in [-0.39, 0.29) is 37.3 Å². The Balaban J connectivity index is 1.97. The van der Waals surface area contributed by atoms with E-state index >= 15 is 0 Å². The lowest BCUT2D eigenvalue weighted by Crippen LogP contribution is -2.45. The number of carbonyl (C=O) groups is 3. The van der Waals surface area contributed by atoms with Gasteiger partial charge in [-0.3, -0.25) is 14.4 Å². The fourth-order valence-electron chi connectivity index (χ4n) is 3.00. The second-order valence-corrected chi connectivity index (χ2v) is 7.30. The maximum absolute atomic E-state index is 12.4. The summed E-state index contributed by atoms with van der Waals surface area (Å²) in [4.78, 5) is 36.1.